The second kappa shape index (κ2) is 10.3. The highest BCUT2D eigenvalue weighted by molar-refractivity contribution is 5.74. The Morgan fingerprint density at radius 2 is 1.91 bits per heavy atom. The number of fused-ring (bicyclic) bond motifs is 8. The van der Waals surface area contributed by atoms with Crippen LogP contribution in [0, 0.1) is 25.2 Å². The zero-order chi connectivity index (χ0) is 29.7. The van der Waals surface area contributed by atoms with E-state index in [0.29, 0.717) is 40.7 Å². The van der Waals surface area contributed by atoms with Crippen LogP contribution in [-0.2, 0) is 21.5 Å². The number of aliphatic hydroxyl groups excluding tert-OH is 1. The Hall–Kier alpha value is -3.56. The van der Waals surface area contributed by atoms with E-state index in [2.05, 4.69) is 28.9 Å². The Kier molecular flexibility index (Phi) is 7.05. The van der Waals surface area contributed by atoms with E-state index in [4.69, 9.17) is 28.4 Å². The zero-order valence-electron chi connectivity index (χ0n) is 24.6. The average Bonchev–Trinajstić information content (AvgIpc) is 3.52. The normalized spacial score (nSPS) is 29.2. The molecule has 5 aliphatic heterocycles. The van der Waals surface area contributed by atoms with E-state index in [1.807, 2.05) is 13.8 Å². The monoisotopic (exact) mass is 593 g/mol. The third kappa shape index (κ3) is 3.70. The fraction of sp³-hybridized carbons (Fsp3) is 0.562. The number of benzene rings is 2. The average molecular weight is 594 g/mol. The Morgan fingerprint density at radius 1 is 1.16 bits per heavy atom. The van der Waals surface area contributed by atoms with Crippen LogP contribution >= 0.6 is 0 Å². The van der Waals surface area contributed by atoms with Crippen molar-refractivity contribution in [2.45, 2.75) is 83.7 Å². The highest BCUT2D eigenvalue weighted by Crippen LogP contribution is 2.67. The molecule has 230 valence electrons. The predicted molar refractivity (Wildman–Crippen MR) is 154 cm³/mol. The third-order valence-corrected chi connectivity index (χ3v) is 9.92. The minimum Gasteiger partial charge on any atom is -0.493 e. The van der Waals surface area contributed by atoms with Crippen LogP contribution in [0.2, 0.25) is 0 Å². The van der Waals surface area contributed by atoms with Crippen LogP contribution in [0.4, 0.5) is 0 Å². The first-order valence-electron chi connectivity index (χ1n) is 14.2. The third-order valence-electron chi connectivity index (χ3n) is 9.92. The van der Waals surface area contributed by atoms with Crippen molar-refractivity contribution in [1.82, 2.24) is 9.80 Å². The summed E-state index contributed by atoms with van der Waals surface area (Å²) in [6.45, 7) is 7.28. The van der Waals surface area contributed by atoms with E-state index in [9.17, 15) is 15.2 Å². The Labute approximate surface area is 251 Å². The smallest absolute Gasteiger partial charge is 0.308 e. The maximum Gasteiger partial charge on any atom is 0.308 e. The molecule has 1 N–H and O–H groups in total. The largest absolute Gasteiger partial charge is 0.493 e. The molecule has 6 atom stereocenters. The van der Waals surface area contributed by atoms with Crippen LogP contribution in [0.3, 0.4) is 0 Å². The van der Waals surface area contributed by atoms with Gasteiger partial charge in [0.1, 0.15) is 11.8 Å². The number of hydrogen-bond acceptors (Lipinski definition) is 11. The Morgan fingerprint density at radius 3 is 2.56 bits per heavy atom. The lowest BCUT2D eigenvalue weighted by Gasteiger charge is -2.65. The van der Waals surface area contributed by atoms with Crippen molar-refractivity contribution in [2.24, 2.45) is 0 Å². The van der Waals surface area contributed by atoms with Gasteiger partial charge in [-0.05, 0) is 50.8 Å². The van der Waals surface area contributed by atoms with Crippen LogP contribution in [0.5, 0.6) is 28.7 Å². The fourth-order valence-corrected chi connectivity index (χ4v) is 8.53. The SMILES string of the molecule is C.COCOc1c(OC)c(C)cc2c1[C@@H]1[C@@H]3Cc4c(OC(C)=O)c(C)c5c(c4[C@H](CO)N3[C@@H](C#N)[C@@H]3CC2(C)N13)OCO5. The summed E-state index contributed by atoms with van der Waals surface area (Å²) in [5.74, 6) is 2.32. The van der Waals surface area contributed by atoms with Gasteiger partial charge in [-0.1, -0.05) is 7.43 Å². The van der Waals surface area contributed by atoms with E-state index < -0.39 is 18.1 Å². The number of hydrogen-bond donors (Lipinski definition) is 1. The summed E-state index contributed by atoms with van der Waals surface area (Å²) in [7, 11) is 3.22. The maximum absolute atomic E-state index is 12.3. The molecule has 5 aliphatic rings. The van der Waals surface area contributed by atoms with Gasteiger partial charge >= 0.3 is 5.97 Å². The summed E-state index contributed by atoms with van der Waals surface area (Å²) >= 11 is 0. The summed E-state index contributed by atoms with van der Waals surface area (Å²) in [5, 5.41) is 21.6. The zero-order valence-corrected chi connectivity index (χ0v) is 24.6. The quantitative estimate of drug-likeness (QED) is 0.299. The molecule has 5 heterocycles. The summed E-state index contributed by atoms with van der Waals surface area (Å²) in [6.07, 6.45) is 1.23. The van der Waals surface area contributed by atoms with Crippen molar-refractivity contribution in [3.63, 3.8) is 0 Å². The van der Waals surface area contributed by atoms with Crippen molar-refractivity contribution in [3.05, 3.63) is 39.4 Å². The molecule has 1 unspecified atom stereocenters. The highest BCUT2D eigenvalue weighted by atomic mass is 16.7. The molecular weight excluding hydrogens is 554 g/mol. The van der Waals surface area contributed by atoms with Gasteiger partial charge in [0.25, 0.3) is 0 Å². The first-order chi connectivity index (χ1) is 20.2. The topological polar surface area (TPSA) is 123 Å². The maximum atomic E-state index is 12.3. The van der Waals surface area contributed by atoms with Crippen molar-refractivity contribution in [1.29, 1.82) is 5.26 Å². The number of rotatable bonds is 6. The number of carbonyl (C=O) groups is 1. The van der Waals surface area contributed by atoms with Crippen LogP contribution < -0.4 is 23.7 Å². The van der Waals surface area contributed by atoms with Crippen molar-refractivity contribution < 1.29 is 38.3 Å². The van der Waals surface area contributed by atoms with Gasteiger partial charge in [0, 0.05) is 53.9 Å². The summed E-state index contributed by atoms with van der Waals surface area (Å²) in [5.41, 5.74) is 5.01. The molecule has 11 heteroatoms. The summed E-state index contributed by atoms with van der Waals surface area (Å²) in [4.78, 5) is 16.9. The second-order valence-corrected chi connectivity index (χ2v) is 12.0. The number of aliphatic hydroxyl groups is 1. The predicted octanol–water partition coefficient (Wildman–Crippen LogP) is 3.80. The second-order valence-electron chi connectivity index (χ2n) is 12.0. The molecular formula is C32H39N3O8. The van der Waals surface area contributed by atoms with Crippen molar-refractivity contribution in [2.75, 3.05) is 34.4 Å². The fourth-order valence-electron chi connectivity index (χ4n) is 8.53. The molecule has 43 heavy (non-hydrogen) atoms. The van der Waals surface area contributed by atoms with Gasteiger partial charge in [0.2, 0.25) is 6.79 Å². The lowest BCUT2D eigenvalue weighted by atomic mass is 9.70. The van der Waals surface area contributed by atoms with E-state index in [1.165, 1.54) is 6.92 Å². The minimum absolute atomic E-state index is 0. The molecule has 2 fully saturated rings. The van der Waals surface area contributed by atoms with Gasteiger partial charge in [0.15, 0.2) is 29.8 Å². The van der Waals surface area contributed by atoms with Gasteiger partial charge in [-0.15, -0.1) is 0 Å². The number of ether oxygens (including phenoxy) is 6. The molecule has 0 radical (unpaired) electrons. The molecule has 11 nitrogen and oxygen atoms in total. The first kappa shape index (κ1) is 29.5. The molecule has 2 aromatic rings. The van der Waals surface area contributed by atoms with Crippen LogP contribution in [-0.4, -0.2) is 73.4 Å². The molecule has 0 amide bonds. The van der Waals surface area contributed by atoms with Gasteiger partial charge in [-0.2, -0.15) is 5.26 Å². The molecule has 2 saturated heterocycles. The standard InChI is InChI=1S/C31H35N3O8.CH4/c1-14-7-18-24(30(26(14)38-6)39-12-37-5)25-19-8-17-23(29-28(40-13-41-29)15(2)27(17)42-16(3)36)22(11-35)33(19)21(10-32)20-9-31(18,4)34(20)25;/h7,19-22,25,35H,8-9,11-13H2,1-6H3;1H4/t19-,20-,21-,22-,25-,31?;/m0./s1. The lowest BCUT2D eigenvalue weighted by Crippen LogP contribution is -2.74. The number of esters is 1. The molecule has 0 aliphatic carbocycles. The Balaban J connectivity index is 0.00000329. The van der Waals surface area contributed by atoms with E-state index in [1.54, 1.807) is 14.2 Å². The number of nitrogens with zero attached hydrogens (tertiary/aromatic N) is 3. The number of carbonyl (C=O) groups excluding carboxylic acids is 1. The molecule has 0 aromatic heterocycles. The number of methoxy groups -OCH3 is 2. The summed E-state index contributed by atoms with van der Waals surface area (Å²) < 4.78 is 35.1. The van der Waals surface area contributed by atoms with E-state index in [-0.39, 0.29) is 51.3 Å². The van der Waals surface area contributed by atoms with Crippen LogP contribution in [0.15, 0.2) is 6.07 Å². The highest BCUT2D eigenvalue weighted by Gasteiger charge is 2.69. The first-order valence-corrected chi connectivity index (χ1v) is 14.2. The number of aryl methyl sites for hydroxylation is 1. The molecule has 0 saturated carbocycles. The summed E-state index contributed by atoms with van der Waals surface area (Å²) in [6, 6.07) is 3.20. The van der Waals surface area contributed by atoms with Gasteiger partial charge < -0.3 is 33.5 Å². The van der Waals surface area contributed by atoms with Crippen molar-refractivity contribution >= 4 is 5.97 Å². The lowest BCUT2D eigenvalue weighted by molar-refractivity contribution is -0.182. The number of nitriles is 1. The number of piperazine rings is 1. The van der Waals surface area contributed by atoms with E-state index in [0.717, 1.165) is 34.2 Å². The van der Waals surface area contributed by atoms with Gasteiger partial charge in [-0.25, -0.2) is 0 Å². The molecule has 0 spiro atoms. The van der Waals surface area contributed by atoms with Crippen molar-refractivity contribution in [3.8, 4) is 34.8 Å². The van der Waals surface area contributed by atoms with Gasteiger partial charge in [-0.3, -0.25) is 14.6 Å². The Bertz CT molecular complexity index is 1550. The minimum atomic E-state index is -0.581. The molecule has 7 rings (SSSR count). The van der Waals surface area contributed by atoms with Crippen LogP contribution in [0.1, 0.15) is 73.2 Å². The molecule has 2 aromatic carbocycles. The van der Waals surface area contributed by atoms with E-state index >= 15 is 0 Å². The van der Waals surface area contributed by atoms with Crippen LogP contribution in [0.25, 0.3) is 0 Å². The van der Waals surface area contributed by atoms with Gasteiger partial charge in [0.05, 0.1) is 31.9 Å². The molecule has 0 bridgehead atoms.